The summed E-state index contributed by atoms with van der Waals surface area (Å²) in [5, 5.41) is 11.6. The molecule has 3 nitrogen and oxygen atoms in total. The molecular formula is C13H14ClN3. The van der Waals surface area contributed by atoms with Gasteiger partial charge in [-0.05, 0) is 31.4 Å². The average Bonchev–Trinajstić information content (AvgIpc) is 2.59. The van der Waals surface area contributed by atoms with Crippen molar-refractivity contribution in [2.24, 2.45) is 0 Å². The van der Waals surface area contributed by atoms with Crippen LogP contribution in [0, 0.1) is 0 Å². The normalized spacial score (nSPS) is 14.9. The molecule has 0 radical (unpaired) electrons. The molecule has 1 aliphatic heterocycles. The Labute approximate surface area is 105 Å². The highest BCUT2D eigenvalue weighted by molar-refractivity contribution is 6.30. The van der Waals surface area contributed by atoms with E-state index in [4.69, 9.17) is 11.6 Å². The van der Waals surface area contributed by atoms with Crippen LogP contribution in [0.1, 0.15) is 18.4 Å². The number of aromatic nitrogens is 2. The number of benzene rings is 1. The van der Waals surface area contributed by atoms with E-state index in [1.165, 1.54) is 18.4 Å². The first kappa shape index (κ1) is 10.7. The summed E-state index contributed by atoms with van der Waals surface area (Å²) >= 11 is 6.03. The van der Waals surface area contributed by atoms with Gasteiger partial charge < -0.3 is 5.32 Å². The summed E-state index contributed by atoms with van der Waals surface area (Å²) in [6.45, 7) is 1.01. The van der Waals surface area contributed by atoms with E-state index in [0.29, 0.717) is 0 Å². The van der Waals surface area contributed by atoms with Crippen molar-refractivity contribution in [2.45, 2.75) is 19.3 Å². The molecule has 4 heteroatoms. The van der Waals surface area contributed by atoms with Crippen LogP contribution in [0.2, 0.25) is 5.02 Å². The van der Waals surface area contributed by atoms with Crippen LogP contribution in [0.5, 0.6) is 0 Å². The largest absolute Gasteiger partial charge is 0.368 e. The summed E-state index contributed by atoms with van der Waals surface area (Å²) in [5.41, 5.74) is 3.48. The van der Waals surface area contributed by atoms with Crippen molar-refractivity contribution in [1.29, 1.82) is 0 Å². The molecule has 2 aromatic rings. The number of anilines is 1. The van der Waals surface area contributed by atoms with E-state index in [-0.39, 0.29) is 0 Å². The minimum Gasteiger partial charge on any atom is -0.368 e. The first-order valence-corrected chi connectivity index (χ1v) is 6.29. The topological polar surface area (TPSA) is 40.7 Å². The first-order valence-electron chi connectivity index (χ1n) is 5.91. The van der Waals surface area contributed by atoms with Gasteiger partial charge in [0.15, 0.2) is 5.82 Å². The summed E-state index contributed by atoms with van der Waals surface area (Å²) in [7, 11) is 0. The van der Waals surface area contributed by atoms with E-state index in [2.05, 4.69) is 21.6 Å². The summed E-state index contributed by atoms with van der Waals surface area (Å²) in [6.07, 6.45) is 3.47. The fourth-order valence-electron chi connectivity index (χ4n) is 2.27. The Bertz CT molecular complexity index is 533. The molecule has 88 valence electrons. The average molecular weight is 248 g/mol. The highest BCUT2D eigenvalue weighted by Gasteiger charge is 2.16. The summed E-state index contributed by atoms with van der Waals surface area (Å²) < 4.78 is 0. The molecule has 17 heavy (non-hydrogen) atoms. The van der Waals surface area contributed by atoms with E-state index in [0.717, 1.165) is 35.1 Å². The third-order valence-electron chi connectivity index (χ3n) is 3.13. The molecule has 1 aliphatic rings. The van der Waals surface area contributed by atoms with Crippen LogP contribution >= 0.6 is 11.6 Å². The van der Waals surface area contributed by atoms with Crippen molar-refractivity contribution in [2.75, 3.05) is 11.9 Å². The Balaban J connectivity index is 2.06. The molecule has 0 saturated carbocycles. The van der Waals surface area contributed by atoms with Crippen molar-refractivity contribution in [3.05, 3.63) is 34.9 Å². The summed E-state index contributed by atoms with van der Waals surface area (Å²) in [5.74, 6) is 0.998. The molecule has 0 fully saturated rings. The third-order valence-corrected chi connectivity index (χ3v) is 3.36. The third kappa shape index (κ3) is 2.03. The van der Waals surface area contributed by atoms with Gasteiger partial charge in [0.1, 0.15) is 0 Å². The number of hydrogen-bond donors (Lipinski definition) is 2. The van der Waals surface area contributed by atoms with E-state index in [1.54, 1.807) is 0 Å². The Morgan fingerprint density at radius 1 is 1.24 bits per heavy atom. The number of H-pyrrole nitrogens is 1. The maximum absolute atomic E-state index is 6.03. The Hall–Kier alpha value is -1.48. The SMILES string of the molecule is Clc1cccc(-c2[nH]nc3c2CCCCN3)c1. The minimum absolute atomic E-state index is 0.757. The van der Waals surface area contributed by atoms with E-state index in [9.17, 15) is 0 Å². The van der Waals surface area contributed by atoms with Gasteiger partial charge in [-0.25, -0.2) is 0 Å². The molecular weight excluding hydrogens is 234 g/mol. The van der Waals surface area contributed by atoms with Gasteiger partial charge in [0.25, 0.3) is 0 Å². The van der Waals surface area contributed by atoms with Crippen LogP contribution in [-0.2, 0) is 6.42 Å². The second-order valence-electron chi connectivity index (χ2n) is 4.32. The zero-order valence-electron chi connectivity index (χ0n) is 9.46. The van der Waals surface area contributed by atoms with E-state index < -0.39 is 0 Å². The molecule has 0 bridgehead atoms. The van der Waals surface area contributed by atoms with Gasteiger partial charge in [0.05, 0.1) is 5.69 Å². The van der Waals surface area contributed by atoms with Crippen LogP contribution in [0.3, 0.4) is 0 Å². The maximum atomic E-state index is 6.03. The second-order valence-corrected chi connectivity index (χ2v) is 4.76. The van der Waals surface area contributed by atoms with E-state index >= 15 is 0 Å². The monoisotopic (exact) mass is 247 g/mol. The summed E-state index contributed by atoms with van der Waals surface area (Å²) in [4.78, 5) is 0. The molecule has 2 N–H and O–H groups in total. The molecule has 0 aliphatic carbocycles. The van der Waals surface area contributed by atoms with Crippen molar-refractivity contribution >= 4 is 17.4 Å². The van der Waals surface area contributed by atoms with Crippen molar-refractivity contribution in [3.63, 3.8) is 0 Å². The van der Waals surface area contributed by atoms with Crippen LogP contribution in [0.4, 0.5) is 5.82 Å². The highest BCUT2D eigenvalue weighted by atomic mass is 35.5. The van der Waals surface area contributed by atoms with Gasteiger partial charge in [0.2, 0.25) is 0 Å². The molecule has 0 unspecified atom stereocenters. The van der Waals surface area contributed by atoms with Crippen LogP contribution in [0.15, 0.2) is 24.3 Å². The Morgan fingerprint density at radius 2 is 2.18 bits per heavy atom. The fourth-order valence-corrected chi connectivity index (χ4v) is 2.46. The van der Waals surface area contributed by atoms with E-state index in [1.807, 2.05) is 18.2 Å². The maximum Gasteiger partial charge on any atom is 0.151 e. The molecule has 0 spiro atoms. The molecule has 0 amide bonds. The van der Waals surface area contributed by atoms with Gasteiger partial charge in [-0.15, -0.1) is 0 Å². The van der Waals surface area contributed by atoms with Gasteiger partial charge in [-0.3, -0.25) is 5.10 Å². The fraction of sp³-hybridized carbons (Fsp3) is 0.308. The number of halogens is 1. The minimum atomic E-state index is 0.757. The second kappa shape index (κ2) is 4.41. The molecule has 2 heterocycles. The predicted molar refractivity (Wildman–Crippen MR) is 70.5 cm³/mol. The van der Waals surface area contributed by atoms with Gasteiger partial charge >= 0.3 is 0 Å². The molecule has 1 aromatic heterocycles. The number of hydrogen-bond acceptors (Lipinski definition) is 2. The van der Waals surface area contributed by atoms with Gasteiger partial charge in [-0.1, -0.05) is 23.7 Å². The Kier molecular flexibility index (Phi) is 2.77. The lowest BCUT2D eigenvalue weighted by molar-refractivity contribution is 0.783. The van der Waals surface area contributed by atoms with Crippen molar-refractivity contribution in [1.82, 2.24) is 10.2 Å². The van der Waals surface area contributed by atoms with Crippen molar-refractivity contribution < 1.29 is 0 Å². The zero-order valence-corrected chi connectivity index (χ0v) is 10.2. The van der Waals surface area contributed by atoms with Crippen LogP contribution in [-0.4, -0.2) is 16.7 Å². The van der Waals surface area contributed by atoms with Crippen LogP contribution < -0.4 is 5.32 Å². The number of nitrogens with one attached hydrogen (secondary N) is 2. The molecule has 1 aromatic carbocycles. The lowest BCUT2D eigenvalue weighted by Gasteiger charge is -2.03. The van der Waals surface area contributed by atoms with Gasteiger partial charge in [0, 0.05) is 22.7 Å². The Morgan fingerprint density at radius 3 is 3.06 bits per heavy atom. The number of nitrogens with zero attached hydrogens (tertiary/aromatic N) is 1. The lowest BCUT2D eigenvalue weighted by Crippen LogP contribution is -1.99. The number of aromatic amines is 1. The van der Waals surface area contributed by atoms with Crippen molar-refractivity contribution in [3.8, 4) is 11.3 Å². The lowest BCUT2D eigenvalue weighted by atomic mass is 10.0. The first-order chi connectivity index (χ1) is 8.34. The standard InChI is InChI=1S/C13H14ClN3/c14-10-5-3-4-9(8-10)12-11-6-1-2-7-15-13(11)17-16-12/h3-5,8H,1-2,6-7H2,(H2,15,16,17). The molecule has 3 rings (SSSR count). The highest BCUT2D eigenvalue weighted by Crippen LogP contribution is 2.30. The predicted octanol–water partition coefficient (Wildman–Crippen LogP) is 3.48. The molecule has 0 atom stereocenters. The molecule has 0 saturated heterocycles. The smallest absolute Gasteiger partial charge is 0.151 e. The summed E-state index contributed by atoms with van der Waals surface area (Å²) in [6, 6.07) is 7.89. The van der Waals surface area contributed by atoms with Gasteiger partial charge in [-0.2, -0.15) is 5.10 Å². The zero-order chi connectivity index (χ0) is 11.7. The number of rotatable bonds is 1. The van der Waals surface area contributed by atoms with Crippen LogP contribution in [0.25, 0.3) is 11.3 Å². The number of fused-ring (bicyclic) bond motifs is 1. The quantitative estimate of drug-likeness (QED) is 0.810.